The highest BCUT2D eigenvalue weighted by Gasteiger charge is 2.38. The minimum absolute atomic E-state index is 0.151. The smallest absolute Gasteiger partial charge is 0.226 e. The van der Waals surface area contributed by atoms with Crippen LogP contribution in [0.15, 0.2) is 18.2 Å². The molecule has 0 unspecified atom stereocenters. The number of rotatable bonds is 4. The van der Waals surface area contributed by atoms with E-state index in [0.29, 0.717) is 26.2 Å². The number of fused-ring (bicyclic) bond motifs is 1. The Bertz CT molecular complexity index is 547. The van der Waals surface area contributed by atoms with Crippen molar-refractivity contribution in [3.8, 4) is 5.75 Å². The highest BCUT2D eigenvalue weighted by atomic mass is 16.5. The summed E-state index contributed by atoms with van der Waals surface area (Å²) in [6, 6.07) is 6.19. The molecule has 2 aliphatic heterocycles. The topological polar surface area (TPSA) is 50.8 Å². The molecule has 2 saturated heterocycles. The SMILES string of the molecule is Cc1cccc(OCCC(=O)N2CCO[C@H]3CNC[C@H]32)c1C. The molecule has 2 atom stereocenters. The van der Waals surface area contributed by atoms with Crippen molar-refractivity contribution in [2.45, 2.75) is 32.4 Å². The Morgan fingerprint density at radius 1 is 1.41 bits per heavy atom. The Morgan fingerprint density at radius 2 is 2.27 bits per heavy atom. The van der Waals surface area contributed by atoms with E-state index < -0.39 is 0 Å². The van der Waals surface area contributed by atoms with Gasteiger partial charge in [0.15, 0.2) is 0 Å². The number of hydrogen-bond donors (Lipinski definition) is 1. The zero-order chi connectivity index (χ0) is 15.5. The van der Waals surface area contributed by atoms with Crippen LogP contribution in [0.2, 0.25) is 0 Å². The van der Waals surface area contributed by atoms with Crippen molar-refractivity contribution in [3.63, 3.8) is 0 Å². The number of ether oxygens (including phenoxy) is 2. The summed E-state index contributed by atoms with van der Waals surface area (Å²) in [4.78, 5) is 14.4. The van der Waals surface area contributed by atoms with Crippen molar-refractivity contribution in [2.24, 2.45) is 0 Å². The summed E-state index contributed by atoms with van der Waals surface area (Å²) in [5.41, 5.74) is 2.35. The minimum Gasteiger partial charge on any atom is -0.493 e. The van der Waals surface area contributed by atoms with Gasteiger partial charge < -0.3 is 19.7 Å². The molecule has 1 amide bonds. The van der Waals surface area contributed by atoms with Crippen LogP contribution in [-0.2, 0) is 9.53 Å². The van der Waals surface area contributed by atoms with Gasteiger partial charge in [-0.1, -0.05) is 12.1 Å². The van der Waals surface area contributed by atoms with Gasteiger partial charge in [-0.05, 0) is 31.0 Å². The quantitative estimate of drug-likeness (QED) is 0.910. The molecule has 1 aromatic carbocycles. The van der Waals surface area contributed by atoms with Gasteiger partial charge in [-0.25, -0.2) is 0 Å². The summed E-state index contributed by atoms with van der Waals surface area (Å²) in [5.74, 6) is 1.03. The Hall–Kier alpha value is -1.59. The first kappa shape index (κ1) is 15.3. The molecule has 0 aliphatic carbocycles. The summed E-state index contributed by atoms with van der Waals surface area (Å²) >= 11 is 0. The molecule has 0 saturated carbocycles. The molecule has 1 aromatic rings. The van der Waals surface area contributed by atoms with Crippen molar-refractivity contribution in [1.29, 1.82) is 0 Å². The van der Waals surface area contributed by atoms with Gasteiger partial charge in [0.2, 0.25) is 5.91 Å². The minimum atomic E-state index is 0.151. The van der Waals surface area contributed by atoms with E-state index in [-0.39, 0.29) is 18.1 Å². The van der Waals surface area contributed by atoms with Crippen molar-refractivity contribution >= 4 is 5.91 Å². The zero-order valence-corrected chi connectivity index (χ0v) is 13.3. The lowest BCUT2D eigenvalue weighted by molar-refractivity contribution is -0.143. The predicted octanol–water partition coefficient (Wildman–Crippen LogP) is 1.27. The maximum Gasteiger partial charge on any atom is 0.226 e. The molecule has 0 bridgehead atoms. The lowest BCUT2D eigenvalue weighted by Gasteiger charge is -2.37. The molecule has 1 N–H and O–H groups in total. The predicted molar refractivity (Wildman–Crippen MR) is 84.1 cm³/mol. The first-order valence-corrected chi connectivity index (χ1v) is 7.97. The number of hydrogen-bond acceptors (Lipinski definition) is 4. The van der Waals surface area contributed by atoms with Gasteiger partial charge in [0.25, 0.3) is 0 Å². The molecule has 0 aromatic heterocycles. The van der Waals surface area contributed by atoms with Gasteiger partial charge in [-0.2, -0.15) is 0 Å². The van der Waals surface area contributed by atoms with Crippen molar-refractivity contribution in [3.05, 3.63) is 29.3 Å². The third-order valence-electron chi connectivity index (χ3n) is 4.64. The second-order valence-corrected chi connectivity index (χ2v) is 6.02. The number of aryl methyl sites for hydroxylation is 1. The van der Waals surface area contributed by atoms with Crippen LogP contribution in [0, 0.1) is 13.8 Å². The highest BCUT2D eigenvalue weighted by Crippen LogP contribution is 2.21. The molecule has 2 fully saturated rings. The summed E-state index contributed by atoms with van der Waals surface area (Å²) in [6.45, 7) is 7.52. The van der Waals surface area contributed by atoms with Gasteiger partial charge in [-0.15, -0.1) is 0 Å². The second-order valence-electron chi connectivity index (χ2n) is 6.02. The average molecular weight is 304 g/mol. The molecular weight excluding hydrogens is 280 g/mol. The number of carbonyl (C=O) groups is 1. The fraction of sp³-hybridized carbons (Fsp3) is 0.588. The summed E-state index contributed by atoms with van der Waals surface area (Å²) in [5, 5.41) is 3.29. The van der Waals surface area contributed by atoms with E-state index >= 15 is 0 Å². The lowest BCUT2D eigenvalue weighted by Crippen LogP contribution is -2.53. The first-order chi connectivity index (χ1) is 10.7. The molecule has 3 rings (SSSR count). The number of carbonyl (C=O) groups excluding carboxylic acids is 1. The maximum absolute atomic E-state index is 12.4. The molecular formula is C17H24N2O3. The third kappa shape index (κ3) is 3.10. The molecule has 120 valence electrons. The summed E-state index contributed by atoms with van der Waals surface area (Å²) in [6.07, 6.45) is 0.564. The Balaban J connectivity index is 1.53. The third-order valence-corrected chi connectivity index (χ3v) is 4.64. The van der Waals surface area contributed by atoms with Gasteiger partial charge >= 0.3 is 0 Å². The summed E-state index contributed by atoms with van der Waals surface area (Å²) < 4.78 is 11.5. The second kappa shape index (κ2) is 6.67. The van der Waals surface area contributed by atoms with Gasteiger partial charge in [0, 0.05) is 19.6 Å². The lowest BCUT2D eigenvalue weighted by atomic mass is 10.1. The van der Waals surface area contributed by atoms with Crippen LogP contribution in [0.25, 0.3) is 0 Å². The number of nitrogens with zero attached hydrogens (tertiary/aromatic N) is 1. The van der Waals surface area contributed by atoms with E-state index in [1.54, 1.807) is 0 Å². The number of nitrogens with one attached hydrogen (secondary N) is 1. The van der Waals surface area contributed by atoms with Crippen molar-refractivity contribution in [2.75, 3.05) is 32.8 Å². The van der Waals surface area contributed by atoms with E-state index in [0.717, 1.165) is 24.4 Å². The van der Waals surface area contributed by atoms with Crippen molar-refractivity contribution in [1.82, 2.24) is 10.2 Å². The van der Waals surface area contributed by atoms with Crippen LogP contribution < -0.4 is 10.1 Å². The van der Waals surface area contributed by atoms with Crippen LogP contribution in [0.3, 0.4) is 0 Å². The van der Waals surface area contributed by atoms with E-state index in [1.165, 1.54) is 5.56 Å². The van der Waals surface area contributed by atoms with Crippen LogP contribution >= 0.6 is 0 Å². The average Bonchev–Trinajstić information content (AvgIpc) is 2.99. The van der Waals surface area contributed by atoms with E-state index in [9.17, 15) is 4.79 Å². The molecule has 0 radical (unpaired) electrons. The molecule has 0 spiro atoms. The molecule has 5 heteroatoms. The van der Waals surface area contributed by atoms with E-state index in [1.807, 2.05) is 24.0 Å². The van der Waals surface area contributed by atoms with Crippen LogP contribution in [0.1, 0.15) is 17.5 Å². The van der Waals surface area contributed by atoms with Gasteiger partial charge in [0.05, 0.1) is 31.8 Å². The summed E-state index contributed by atoms with van der Waals surface area (Å²) in [7, 11) is 0. The van der Waals surface area contributed by atoms with Crippen LogP contribution in [0.4, 0.5) is 0 Å². The van der Waals surface area contributed by atoms with Gasteiger partial charge in [-0.3, -0.25) is 4.79 Å². The Morgan fingerprint density at radius 3 is 3.14 bits per heavy atom. The number of morpholine rings is 1. The fourth-order valence-corrected chi connectivity index (χ4v) is 3.17. The standard InChI is InChI=1S/C17H24N2O3/c1-12-4-3-5-15(13(12)2)21-8-6-17(20)19-7-9-22-16-11-18-10-14(16)19/h3-5,14,16,18H,6-11H2,1-2H3/t14-,16+/m1/s1. The molecule has 2 heterocycles. The largest absolute Gasteiger partial charge is 0.493 e. The number of benzene rings is 1. The fourth-order valence-electron chi connectivity index (χ4n) is 3.17. The van der Waals surface area contributed by atoms with Crippen molar-refractivity contribution < 1.29 is 14.3 Å². The molecule has 2 aliphatic rings. The zero-order valence-electron chi connectivity index (χ0n) is 13.3. The normalized spacial score (nSPS) is 24.2. The first-order valence-electron chi connectivity index (χ1n) is 7.97. The highest BCUT2D eigenvalue weighted by molar-refractivity contribution is 5.77. The van der Waals surface area contributed by atoms with Crippen LogP contribution in [-0.4, -0.2) is 55.8 Å². The monoisotopic (exact) mass is 304 g/mol. The van der Waals surface area contributed by atoms with Crippen LogP contribution in [0.5, 0.6) is 5.75 Å². The maximum atomic E-state index is 12.4. The molecule has 5 nitrogen and oxygen atoms in total. The van der Waals surface area contributed by atoms with Gasteiger partial charge in [0.1, 0.15) is 5.75 Å². The van der Waals surface area contributed by atoms with E-state index in [4.69, 9.17) is 9.47 Å². The number of amides is 1. The Kier molecular flexibility index (Phi) is 4.64. The van der Waals surface area contributed by atoms with E-state index in [2.05, 4.69) is 18.3 Å². The Labute approximate surface area is 131 Å². The molecule has 22 heavy (non-hydrogen) atoms.